The highest BCUT2D eigenvalue weighted by Gasteiger charge is 2.02. The molecule has 18 heavy (non-hydrogen) atoms. The van der Waals surface area contributed by atoms with Gasteiger partial charge in [0.1, 0.15) is 5.69 Å². The zero-order valence-electron chi connectivity index (χ0n) is 9.82. The lowest BCUT2D eigenvalue weighted by molar-refractivity contribution is -0.600. The molecule has 0 aliphatic heterocycles. The average molecular weight is 232 g/mol. The van der Waals surface area contributed by atoms with Crippen LogP contribution in [0.25, 0.3) is 16.9 Å². The van der Waals surface area contributed by atoms with Gasteiger partial charge < -0.3 is 0 Å². The van der Waals surface area contributed by atoms with E-state index in [4.69, 9.17) is 0 Å². The van der Waals surface area contributed by atoms with Crippen molar-refractivity contribution in [2.24, 2.45) is 0 Å². The van der Waals surface area contributed by atoms with E-state index in [1.165, 1.54) is 0 Å². The first-order valence-corrected chi connectivity index (χ1v) is 5.84. The molecule has 2 heteroatoms. The Morgan fingerprint density at radius 1 is 0.944 bits per heavy atom. The van der Waals surface area contributed by atoms with Crippen LogP contribution in [0.15, 0.2) is 73.1 Å². The number of rotatable bonds is 2. The van der Waals surface area contributed by atoms with Gasteiger partial charge in [0.15, 0.2) is 6.20 Å². The smallest absolute Gasteiger partial charge is 0.152 e. The molecule has 1 aromatic carbocycles. The summed E-state index contributed by atoms with van der Waals surface area (Å²) in [5.74, 6) is 0. The second-order valence-electron chi connectivity index (χ2n) is 3.97. The number of nitrogens with zero attached hydrogens (tertiary/aromatic N) is 2. The van der Waals surface area contributed by atoms with E-state index < -0.39 is 0 Å². The maximum absolute atomic E-state index is 4.36. The largest absolute Gasteiger partial charge is 0.285 e. The molecule has 0 aliphatic carbocycles. The zero-order chi connectivity index (χ0) is 12.2. The van der Waals surface area contributed by atoms with Gasteiger partial charge in [-0.05, 0) is 29.8 Å². The molecule has 0 aliphatic rings. The van der Waals surface area contributed by atoms with Crippen LogP contribution in [0.4, 0.5) is 0 Å². The third-order valence-corrected chi connectivity index (χ3v) is 2.74. The normalized spacial score (nSPS) is 10.2. The maximum atomic E-state index is 4.36. The minimum absolute atomic E-state index is 0.982. The predicted octanol–water partition coefficient (Wildman–Crippen LogP) is 2.83. The lowest BCUT2D eigenvalue weighted by Gasteiger charge is -2.05. The Labute approximate surface area is 106 Å². The minimum atomic E-state index is 0.982. The summed E-state index contributed by atoms with van der Waals surface area (Å²) in [6, 6.07) is 20.0. The van der Waals surface area contributed by atoms with Crippen molar-refractivity contribution in [1.29, 1.82) is 0 Å². The molecule has 0 radical (unpaired) electrons. The Hall–Kier alpha value is -2.48. The first kappa shape index (κ1) is 10.7. The molecule has 3 aromatic rings. The maximum Gasteiger partial charge on any atom is 0.152 e. The summed E-state index contributed by atoms with van der Waals surface area (Å²) in [6.45, 7) is 0. The van der Waals surface area contributed by atoms with Crippen molar-refractivity contribution in [3.8, 4) is 16.9 Å². The Balaban J connectivity index is 2.05. The Morgan fingerprint density at radius 2 is 1.94 bits per heavy atom. The molecule has 0 saturated carbocycles. The van der Waals surface area contributed by atoms with Gasteiger partial charge >= 0.3 is 0 Å². The van der Waals surface area contributed by atoms with E-state index >= 15 is 0 Å². The van der Waals surface area contributed by atoms with Crippen LogP contribution in [0.2, 0.25) is 0 Å². The fraction of sp³-hybridized carbons (Fsp3) is 0. The fourth-order valence-corrected chi connectivity index (χ4v) is 1.87. The van der Waals surface area contributed by atoms with Gasteiger partial charge in [-0.3, -0.25) is 9.55 Å². The molecular formula is C16H12N2. The van der Waals surface area contributed by atoms with E-state index in [0.29, 0.717) is 0 Å². The third-order valence-electron chi connectivity index (χ3n) is 2.74. The van der Waals surface area contributed by atoms with E-state index in [0.717, 1.165) is 16.9 Å². The van der Waals surface area contributed by atoms with Gasteiger partial charge in [0.25, 0.3) is 0 Å². The monoisotopic (exact) mass is 232 g/mol. The standard InChI is InChI=1S/C16H12N2/c1-4-11-18(12-5-1)15-8-6-7-14(13-15)16-9-2-3-10-17-16/h1-11,13H. The number of hydrogen-bond acceptors (Lipinski definition) is 1. The molecule has 2 heterocycles. The summed E-state index contributed by atoms with van der Waals surface area (Å²) in [6.07, 6.45) is 6.95. The zero-order valence-corrected chi connectivity index (χ0v) is 9.82. The quantitative estimate of drug-likeness (QED) is 0.490. The average Bonchev–Trinajstić information content (AvgIpc) is 2.49. The number of benzene rings is 1. The van der Waals surface area contributed by atoms with Gasteiger partial charge in [-0.1, -0.05) is 30.3 Å². The topological polar surface area (TPSA) is 16.8 Å². The van der Waals surface area contributed by atoms with Crippen LogP contribution in [0.5, 0.6) is 0 Å². The molecule has 0 N–H and O–H groups in total. The van der Waals surface area contributed by atoms with Gasteiger partial charge in [0.05, 0.1) is 11.9 Å². The molecule has 0 fully saturated rings. The first-order valence-electron chi connectivity index (χ1n) is 5.84. The summed E-state index contributed by atoms with van der Waals surface area (Å²) in [4.78, 5) is 4.36. The SMILES string of the molecule is [c-]1cccc[n+]1-c1cccc(-c2ccccn2)c1. The van der Waals surface area contributed by atoms with Crippen molar-refractivity contribution in [2.45, 2.75) is 0 Å². The summed E-state index contributed by atoms with van der Waals surface area (Å²) < 4.78 is 1.96. The fourth-order valence-electron chi connectivity index (χ4n) is 1.87. The van der Waals surface area contributed by atoms with Crippen molar-refractivity contribution in [3.63, 3.8) is 0 Å². The van der Waals surface area contributed by atoms with Crippen LogP contribution < -0.4 is 4.57 Å². The van der Waals surface area contributed by atoms with Crippen molar-refractivity contribution in [3.05, 3.63) is 79.3 Å². The molecule has 86 valence electrons. The molecule has 0 unspecified atom stereocenters. The molecule has 2 nitrogen and oxygen atoms in total. The number of hydrogen-bond donors (Lipinski definition) is 0. The summed E-state index contributed by atoms with van der Waals surface area (Å²) in [5, 5.41) is 0. The van der Waals surface area contributed by atoms with Crippen molar-refractivity contribution in [1.82, 2.24) is 4.98 Å². The molecule has 2 aromatic heterocycles. The third kappa shape index (κ3) is 2.13. The minimum Gasteiger partial charge on any atom is -0.285 e. The van der Waals surface area contributed by atoms with Crippen LogP contribution >= 0.6 is 0 Å². The summed E-state index contributed by atoms with van der Waals surface area (Å²) in [5.41, 5.74) is 3.17. The predicted molar refractivity (Wildman–Crippen MR) is 70.0 cm³/mol. The van der Waals surface area contributed by atoms with Crippen molar-refractivity contribution < 1.29 is 4.57 Å². The summed E-state index contributed by atoms with van der Waals surface area (Å²) in [7, 11) is 0. The van der Waals surface area contributed by atoms with Crippen LogP contribution in [0.3, 0.4) is 0 Å². The highest BCUT2D eigenvalue weighted by atomic mass is 14.9. The Morgan fingerprint density at radius 3 is 2.72 bits per heavy atom. The van der Waals surface area contributed by atoms with Crippen LogP contribution in [0.1, 0.15) is 0 Å². The van der Waals surface area contributed by atoms with E-state index in [1.54, 1.807) is 0 Å². The van der Waals surface area contributed by atoms with Gasteiger partial charge in [-0.15, -0.1) is 6.07 Å². The van der Waals surface area contributed by atoms with E-state index in [9.17, 15) is 0 Å². The first-order chi connectivity index (χ1) is 8.93. The highest BCUT2D eigenvalue weighted by Crippen LogP contribution is 2.17. The van der Waals surface area contributed by atoms with Gasteiger partial charge in [0, 0.05) is 6.20 Å². The van der Waals surface area contributed by atoms with Gasteiger partial charge in [-0.25, -0.2) is 0 Å². The Kier molecular flexibility index (Phi) is 2.84. The van der Waals surface area contributed by atoms with Crippen LogP contribution in [-0.2, 0) is 0 Å². The molecule has 0 saturated heterocycles. The number of pyridine rings is 2. The lowest BCUT2D eigenvalue weighted by Crippen LogP contribution is -2.29. The van der Waals surface area contributed by atoms with Crippen LogP contribution in [-0.4, -0.2) is 4.98 Å². The Bertz CT molecular complexity index is 579. The molecule has 3 rings (SSSR count). The molecule has 0 atom stereocenters. The summed E-state index contributed by atoms with van der Waals surface area (Å²) >= 11 is 0. The van der Waals surface area contributed by atoms with Crippen molar-refractivity contribution >= 4 is 0 Å². The van der Waals surface area contributed by atoms with E-state index in [-0.39, 0.29) is 0 Å². The van der Waals surface area contributed by atoms with Gasteiger partial charge in [0.2, 0.25) is 0 Å². The second kappa shape index (κ2) is 4.80. The van der Waals surface area contributed by atoms with E-state index in [2.05, 4.69) is 29.4 Å². The van der Waals surface area contributed by atoms with Crippen LogP contribution in [0, 0.1) is 6.20 Å². The number of aromatic nitrogens is 2. The molecule has 0 amide bonds. The molecule has 0 spiro atoms. The van der Waals surface area contributed by atoms with E-state index in [1.807, 2.05) is 59.4 Å². The highest BCUT2D eigenvalue weighted by molar-refractivity contribution is 5.60. The van der Waals surface area contributed by atoms with Gasteiger partial charge in [-0.2, -0.15) is 0 Å². The molecule has 0 bridgehead atoms. The molecular weight excluding hydrogens is 220 g/mol. The lowest BCUT2D eigenvalue weighted by atomic mass is 10.1. The second-order valence-corrected chi connectivity index (χ2v) is 3.97. The van der Waals surface area contributed by atoms with Crippen molar-refractivity contribution in [2.75, 3.05) is 0 Å².